The third kappa shape index (κ3) is 3.57. The summed E-state index contributed by atoms with van der Waals surface area (Å²) in [6, 6.07) is 3.55. The molecular weight excluding hydrogens is 254 g/mol. The fraction of sp³-hybridized carbons (Fsp3) is 0.357. The first-order valence-corrected chi connectivity index (χ1v) is 6.49. The largest absolute Gasteiger partial charge is 0.332 e. The Morgan fingerprint density at radius 1 is 1.50 bits per heavy atom. The van der Waals surface area contributed by atoms with Crippen molar-refractivity contribution in [2.24, 2.45) is 7.05 Å². The van der Waals surface area contributed by atoms with Gasteiger partial charge in [-0.3, -0.25) is 9.67 Å². The van der Waals surface area contributed by atoms with E-state index in [0.29, 0.717) is 6.54 Å². The van der Waals surface area contributed by atoms with Gasteiger partial charge in [-0.05, 0) is 25.5 Å². The molecule has 0 saturated heterocycles. The molecule has 2 N–H and O–H groups in total. The standard InChI is InChI=1S/C14H19N5O/c1-10-5-4-6-15-13(10)8-16-14(20)18-11(2)12-7-17-19(3)9-12/h4-7,9,11H,8H2,1-3H3,(H2,16,18,20). The molecular formula is C14H19N5O. The maximum atomic E-state index is 11.8. The Bertz CT molecular complexity index is 593. The number of urea groups is 1. The quantitative estimate of drug-likeness (QED) is 0.890. The van der Waals surface area contributed by atoms with Gasteiger partial charge in [0.15, 0.2) is 0 Å². The molecule has 0 radical (unpaired) electrons. The summed E-state index contributed by atoms with van der Waals surface area (Å²) in [5.41, 5.74) is 2.90. The van der Waals surface area contributed by atoms with Gasteiger partial charge in [0.1, 0.15) is 0 Å². The molecule has 0 spiro atoms. The minimum Gasteiger partial charge on any atom is -0.332 e. The van der Waals surface area contributed by atoms with Crippen molar-refractivity contribution in [1.82, 2.24) is 25.4 Å². The summed E-state index contributed by atoms with van der Waals surface area (Å²) >= 11 is 0. The third-order valence-corrected chi connectivity index (χ3v) is 3.11. The van der Waals surface area contributed by atoms with Crippen LogP contribution in [0.1, 0.15) is 29.8 Å². The highest BCUT2D eigenvalue weighted by atomic mass is 16.2. The maximum Gasteiger partial charge on any atom is 0.315 e. The second-order valence-corrected chi connectivity index (χ2v) is 4.76. The minimum absolute atomic E-state index is 0.0893. The van der Waals surface area contributed by atoms with E-state index in [1.54, 1.807) is 17.1 Å². The summed E-state index contributed by atoms with van der Waals surface area (Å²) in [7, 11) is 1.85. The number of aromatic nitrogens is 3. The minimum atomic E-state index is -0.216. The van der Waals surface area contributed by atoms with Gasteiger partial charge >= 0.3 is 6.03 Å². The lowest BCUT2D eigenvalue weighted by Gasteiger charge is -2.13. The van der Waals surface area contributed by atoms with E-state index in [-0.39, 0.29) is 12.1 Å². The molecule has 2 rings (SSSR count). The Balaban J connectivity index is 1.85. The van der Waals surface area contributed by atoms with Gasteiger partial charge in [0.05, 0.1) is 24.5 Å². The first kappa shape index (κ1) is 14.0. The highest BCUT2D eigenvalue weighted by molar-refractivity contribution is 5.74. The molecule has 0 saturated carbocycles. The zero-order valence-corrected chi connectivity index (χ0v) is 11.9. The molecule has 2 aromatic rings. The van der Waals surface area contributed by atoms with Crippen LogP contribution in [0.4, 0.5) is 4.79 Å². The Hall–Kier alpha value is -2.37. The molecule has 2 heterocycles. The lowest BCUT2D eigenvalue weighted by Crippen LogP contribution is -2.36. The van der Waals surface area contributed by atoms with Crippen LogP contribution in [0.15, 0.2) is 30.7 Å². The van der Waals surface area contributed by atoms with Crippen LogP contribution in [-0.2, 0) is 13.6 Å². The Morgan fingerprint density at radius 2 is 2.30 bits per heavy atom. The number of hydrogen-bond acceptors (Lipinski definition) is 3. The molecule has 0 fully saturated rings. The molecule has 0 aliphatic heterocycles. The lowest BCUT2D eigenvalue weighted by atomic mass is 10.2. The Labute approximate surface area is 118 Å². The van der Waals surface area contributed by atoms with Crippen molar-refractivity contribution < 1.29 is 4.79 Å². The number of nitrogens with zero attached hydrogens (tertiary/aromatic N) is 3. The van der Waals surface area contributed by atoms with E-state index in [0.717, 1.165) is 16.8 Å². The van der Waals surface area contributed by atoms with Gasteiger partial charge in [0, 0.05) is 25.0 Å². The summed E-state index contributed by atoms with van der Waals surface area (Å²) in [4.78, 5) is 16.1. The SMILES string of the molecule is Cc1cccnc1CNC(=O)NC(C)c1cnn(C)c1. The highest BCUT2D eigenvalue weighted by Crippen LogP contribution is 2.09. The van der Waals surface area contributed by atoms with Crippen molar-refractivity contribution in [2.45, 2.75) is 26.4 Å². The number of pyridine rings is 1. The van der Waals surface area contributed by atoms with Crippen LogP contribution in [0.3, 0.4) is 0 Å². The number of carbonyl (C=O) groups excluding carboxylic acids is 1. The second-order valence-electron chi connectivity index (χ2n) is 4.76. The topological polar surface area (TPSA) is 71.8 Å². The van der Waals surface area contributed by atoms with Crippen molar-refractivity contribution in [1.29, 1.82) is 0 Å². The average Bonchev–Trinajstić information content (AvgIpc) is 2.84. The number of aryl methyl sites for hydroxylation is 2. The molecule has 0 aromatic carbocycles. The van der Waals surface area contributed by atoms with Gasteiger partial charge < -0.3 is 10.6 Å². The summed E-state index contributed by atoms with van der Waals surface area (Å²) in [6.07, 6.45) is 5.35. The summed E-state index contributed by atoms with van der Waals surface area (Å²) in [5.74, 6) is 0. The molecule has 2 amide bonds. The van der Waals surface area contributed by atoms with E-state index in [9.17, 15) is 4.79 Å². The average molecular weight is 273 g/mol. The van der Waals surface area contributed by atoms with Crippen LogP contribution in [0.25, 0.3) is 0 Å². The van der Waals surface area contributed by atoms with E-state index in [2.05, 4.69) is 20.7 Å². The number of hydrogen-bond donors (Lipinski definition) is 2. The van der Waals surface area contributed by atoms with E-state index >= 15 is 0 Å². The van der Waals surface area contributed by atoms with Crippen LogP contribution in [-0.4, -0.2) is 20.8 Å². The molecule has 20 heavy (non-hydrogen) atoms. The summed E-state index contributed by atoms with van der Waals surface area (Å²) in [5, 5.41) is 9.76. The molecule has 0 bridgehead atoms. The van der Waals surface area contributed by atoms with Gasteiger partial charge in [-0.1, -0.05) is 6.07 Å². The molecule has 6 heteroatoms. The van der Waals surface area contributed by atoms with Gasteiger partial charge in [-0.15, -0.1) is 0 Å². The number of nitrogens with one attached hydrogen (secondary N) is 2. The molecule has 0 aliphatic carbocycles. The Morgan fingerprint density at radius 3 is 2.95 bits per heavy atom. The first-order valence-electron chi connectivity index (χ1n) is 6.49. The molecule has 2 aromatic heterocycles. The first-order chi connectivity index (χ1) is 9.56. The summed E-state index contributed by atoms with van der Waals surface area (Å²) < 4.78 is 1.71. The fourth-order valence-corrected chi connectivity index (χ4v) is 1.86. The van der Waals surface area contributed by atoms with Crippen LogP contribution in [0.5, 0.6) is 0 Å². The number of rotatable bonds is 4. The predicted octanol–water partition coefficient (Wildman–Crippen LogP) is 1.68. The van der Waals surface area contributed by atoms with Crippen molar-refractivity contribution in [2.75, 3.05) is 0 Å². The van der Waals surface area contributed by atoms with E-state index < -0.39 is 0 Å². The van der Waals surface area contributed by atoms with Crippen LogP contribution in [0.2, 0.25) is 0 Å². The van der Waals surface area contributed by atoms with Crippen molar-refractivity contribution in [3.05, 3.63) is 47.5 Å². The molecule has 1 unspecified atom stereocenters. The highest BCUT2D eigenvalue weighted by Gasteiger charge is 2.11. The van der Waals surface area contributed by atoms with E-state index in [4.69, 9.17) is 0 Å². The Kier molecular flexibility index (Phi) is 4.34. The smallest absolute Gasteiger partial charge is 0.315 e. The zero-order valence-electron chi connectivity index (χ0n) is 11.9. The van der Waals surface area contributed by atoms with Crippen molar-refractivity contribution >= 4 is 6.03 Å². The second kappa shape index (κ2) is 6.18. The lowest BCUT2D eigenvalue weighted by molar-refractivity contribution is 0.237. The number of carbonyl (C=O) groups is 1. The maximum absolute atomic E-state index is 11.8. The zero-order chi connectivity index (χ0) is 14.5. The van der Waals surface area contributed by atoms with Crippen molar-refractivity contribution in [3.63, 3.8) is 0 Å². The van der Waals surface area contributed by atoms with Gasteiger partial charge in [0.2, 0.25) is 0 Å². The van der Waals surface area contributed by atoms with Crippen LogP contribution in [0, 0.1) is 6.92 Å². The number of amides is 2. The monoisotopic (exact) mass is 273 g/mol. The van der Waals surface area contributed by atoms with Gasteiger partial charge in [0.25, 0.3) is 0 Å². The fourth-order valence-electron chi connectivity index (χ4n) is 1.86. The van der Waals surface area contributed by atoms with Crippen LogP contribution >= 0.6 is 0 Å². The van der Waals surface area contributed by atoms with E-state index in [1.165, 1.54) is 0 Å². The van der Waals surface area contributed by atoms with Gasteiger partial charge in [-0.2, -0.15) is 5.10 Å². The molecule has 1 atom stereocenters. The normalized spacial score (nSPS) is 11.9. The predicted molar refractivity (Wildman–Crippen MR) is 76.0 cm³/mol. The molecule has 0 aliphatic rings. The van der Waals surface area contributed by atoms with E-state index in [1.807, 2.05) is 39.2 Å². The molecule has 6 nitrogen and oxygen atoms in total. The third-order valence-electron chi connectivity index (χ3n) is 3.11. The van der Waals surface area contributed by atoms with Crippen LogP contribution < -0.4 is 10.6 Å². The van der Waals surface area contributed by atoms with Gasteiger partial charge in [-0.25, -0.2) is 4.79 Å². The molecule has 106 valence electrons. The van der Waals surface area contributed by atoms with Crippen molar-refractivity contribution in [3.8, 4) is 0 Å². The summed E-state index contributed by atoms with van der Waals surface area (Å²) in [6.45, 7) is 4.31.